The largest absolute Gasteiger partial charge is 0.478 e. The molecule has 0 heterocycles. The van der Waals surface area contributed by atoms with Gasteiger partial charge in [-0.25, -0.2) is 4.79 Å². The molecular formula is C24H30O2. The number of carbonyl (C=O) groups is 1. The predicted octanol–water partition coefficient (Wildman–Crippen LogP) is 5.95. The highest BCUT2D eigenvalue weighted by Crippen LogP contribution is 2.51. The van der Waals surface area contributed by atoms with E-state index in [1.807, 2.05) is 19.1 Å². The molecule has 3 rings (SSSR count). The van der Waals surface area contributed by atoms with E-state index in [2.05, 4.69) is 45.9 Å². The van der Waals surface area contributed by atoms with Crippen LogP contribution in [0.1, 0.15) is 76.1 Å². The van der Waals surface area contributed by atoms with Crippen LogP contribution in [0.2, 0.25) is 0 Å². The molecule has 0 fully saturated rings. The maximum Gasteiger partial charge on any atom is 0.328 e. The first-order valence-electron chi connectivity index (χ1n) is 9.57. The van der Waals surface area contributed by atoms with Crippen molar-refractivity contribution in [3.8, 4) is 0 Å². The summed E-state index contributed by atoms with van der Waals surface area (Å²) in [6.45, 7) is 11.3. The maximum absolute atomic E-state index is 10.7. The molecule has 2 heteroatoms. The molecule has 138 valence electrons. The Morgan fingerprint density at radius 1 is 1.08 bits per heavy atom. The molecule has 1 aromatic carbocycles. The SMILES string of the molecule is C/C(C=CC=C1CCCc2cc3c(cc21)C(C)(C)CC3(C)C)=C/C(=O)O. The summed E-state index contributed by atoms with van der Waals surface area (Å²) < 4.78 is 0. The normalized spacial score (nSPS) is 22.5. The van der Waals surface area contributed by atoms with Crippen molar-refractivity contribution in [1.82, 2.24) is 0 Å². The molecular weight excluding hydrogens is 320 g/mol. The van der Waals surface area contributed by atoms with Crippen molar-refractivity contribution in [3.05, 3.63) is 64.3 Å². The van der Waals surface area contributed by atoms with Crippen LogP contribution in [0.3, 0.4) is 0 Å². The second-order valence-corrected chi connectivity index (χ2v) is 9.13. The van der Waals surface area contributed by atoms with Gasteiger partial charge in [0.25, 0.3) is 0 Å². The third-order valence-corrected chi connectivity index (χ3v) is 5.83. The van der Waals surface area contributed by atoms with Crippen molar-refractivity contribution in [2.45, 2.75) is 71.1 Å². The quantitative estimate of drug-likeness (QED) is 0.540. The number of carboxylic acid groups (broad SMARTS) is 1. The number of hydrogen-bond acceptors (Lipinski definition) is 1. The van der Waals surface area contributed by atoms with Gasteiger partial charge in [0.15, 0.2) is 0 Å². The lowest BCUT2D eigenvalue weighted by Crippen LogP contribution is -2.18. The average molecular weight is 351 g/mol. The first-order chi connectivity index (χ1) is 12.1. The van der Waals surface area contributed by atoms with E-state index in [1.165, 1.54) is 46.7 Å². The van der Waals surface area contributed by atoms with Crippen molar-refractivity contribution in [1.29, 1.82) is 0 Å². The van der Waals surface area contributed by atoms with E-state index in [0.29, 0.717) is 0 Å². The molecule has 1 aromatic rings. The summed E-state index contributed by atoms with van der Waals surface area (Å²) in [5, 5.41) is 8.82. The van der Waals surface area contributed by atoms with Crippen LogP contribution in [0.15, 0.2) is 42.0 Å². The summed E-state index contributed by atoms with van der Waals surface area (Å²) in [5.74, 6) is -0.900. The van der Waals surface area contributed by atoms with Crippen LogP contribution in [0.25, 0.3) is 5.57 Å². The molecule has 0 spiro atoms. The zero-order chi connectivity index (χ0) is 19.1. The summed E-state index contributed by atoms with van der Waals surface area (Å²) in [6.07, 6.45) is 11.9. The van der Waals surface area contributed by atoms with E-state index in [9.17, 15) is 4.79 Å². The van der Waals surface area contributed by atoms with E-state index < -0.39 is 5.97 Å². The molecule has 0 aliphatic heterocycles. The van der Waals surface area contributed by atoms with Crippen molar-refractivity contribution in [2.75, 3.05) is 0 Å². The maximum atomic E-state index is 10.7. The summed E-state index contributed by atoms with van der Waals surface area (Å²) >= 11 is 0. The minimum absolute atomic E-state index is 0.215. The summed E-state index contributed by atoms with van der Waals surface area (Å²) in [7, 11) is 0. The molecule has 0 radical (unpaired) electrons. The molecule has 0 aromatic heterocycles. The number of carboxylic acids is 1. The van der Waals surface area contributed by atoms with E-state index in [4.69, 9.17) is 5.11 Å². The Bertz CT molecular complexity index is 832. The van der Waals surface area contributed by atoms with Crippen LogP contribution in [-0.4, -0.2) is 11.1 Å². The second-order valence-electron chi connectivity index (χ2n) is 9.13. The van der Waals surface area contributed by atoms with Gasteiger partial charge in [-0.2, -0.15) is 0 Å². The molecule has 2 aliphatic rings. The van der Waals surface area contributed by atoms with Gasteiger partial charge in [0, 0.05) is 6.08 Å². The van der Waals surface area contributed by atoms with Gasteiger partial charge < -0.3 is 5.11 Å². The zero-order valence-electron chi connectivity index (χ0n) is 16.6. The Labute approximate surface area is 157 Å². The summed E-state index contributed by atoms with van der Waals surface area (Å²) in [4.78, 5) is 10.7. The average Bonchev–Trinajstić information content (AvgIpc) is 2.69. The van der Waals surface area contributed by atoms with Crippen LogP contribution in [0, 0.1) is 0 Å². The molecule has 0 bridgehead atoms. The minimum Gasteiger partial charge on any atom is -0.478 e. The van der Waals surface area contributed by atoms with Crippen LogP contribution in [0.4, 0.5) is 0 Å². The molecule has 0 amide bonds. The van der Waals surface area contributed by atoms with Gasteiger partial charge in [0.1, 0.15) is 0 Å². The van der Waals surface area contributed by atoms with Gasteiger partial charge in [-0.1, -0.05) is 58.1 Å². The molecule has 2 nitrogen and oxygen atoms in total. The lowest BCUT2D eigenvalue weighted by atomic mass is 9.80. The predicted molar refractivity (Wildman–Crippen MR) is 109 cm³/mol. The standard InChI is InChI=1S/C24H30O2/c1-16(12-22(25)26)8-6-9-17-10-7-11-18-13-20-21(14-19(17)18)24(4,5)15-23(20,2)3/h6,8-9,12-14H,7,10-11,15H2,1-5H3,(H,25,26)/b8-6?,16-12-,17-9?. The highest BCUT2D eigenvalue weighted by atomic mass is 16.4. The molecule has 26 heavy (non-hydrogen) atoms. The Balaban J connectivity index is 2.00. The zero-order valence-corrected chi connectivity index (χ0v) is 16.6. The fourth-order valence-corrected chi connectivity index (χ4v) is 4.90. The Morgan fingerprint density at radius 3 is 2.38 bits per heavy atom. The third-order valence-electron chi connectivity index (χ3n) is 5.83. The fourth-order valence-electron chi connectivity index (χ4n) is 4.90. The smallest absolute Gasteiger partial charge is 0.328 e. The topological polar surface area (TPSA) is 37.3 Å². The van der Waals surface area contributed by atoms with Gasteiger partial charge in [0.05, 0.1) is 0 Å². The number of hydrogen-bond donors (Lipinski definition) is 1. The Kier molecular flexibility index (Phi) is 4.72. The van der Waals surface area contributed by atoms with Crippen molar-refractivity contribution >= 4 is 11.5 Å². The molecule has 0 saturated heterocycles. The van der Waals surface area contributed by atoms with Crippen molar-refractivity contribution in [2.24, 2.45) is 0 Å². The number of benzene rings is 1. The van der Waals surface area contributed by atoms with E-state index >= 15 is 0 Å². The minimum atomic E-state index is -0.900. The number of rotatable bonds is 3. The highest BCUT2D eigenvalue weighted by molar-refractivity contribution is 5.81. The monoisotopic (exact) mass is 350 g/mol. The van der Waals surface area contributed by atoms with Crippen LogP contribution < -0.4 is 0 Å². The first kappa shape index (κ1) is 18.7. The lowest BCUT2D eigenvalue weighted by molar-refractivity contribution is -0.131. The lowest BCUT2D eigenvalue weighted by Gasteiger charge is -2.25. The fraction of sp³-hybridized carbons (Fsp3) is 0.458. The van der Waals surface area contributed by atoms with Gasteiger partial charge in [0.2, 0.25) is 0 Å². The molecule has 2 aliphatic carbocycles. The Hall–Kier alpha value is -2.09. The number of allylic oxidation sites excluding steroid dienone is 5. The second kappa shape index (κ2) is 6.57. The van der Waals surface area contributed by atoms with Crippen molar-refractivity contribution < 1.29 is 9.90 Å². The van der Waals surface area contributed by atoms with Gasteiger partial charge in [-0.15, -0.1) is 0 Å². The van der Waals surface area contributed by atoms with Gasteiger partial charge in [-0.05, 0) is 76.8 Å². The first-order valence-corrected chi connectivity index (χ1v) is 9.57. The van der Waals surface area contributed by atoms with E-state index in [-0.39, 0.29) is 10.8 Å². The van der Waals surface area contributed by atoms with E-state index in [1.54, 1.807) is 0 Å². The summed E-state index contributed by atoms with van der Waals surface area (Å²) in [5.41, 5.74) is 8.47. The highest BCUT2D eigenvalue weighted by Gasteiger charge is 2.42. The molecule has 0 atom stereocenters. The third kappa shape index (κ3) is 3.56. The van der Waals surface area contributed by atoms with Gasteiger partial charge >= 0.3 is 5.97 Å². The molecule has 1 N–H and O–H groups in total. The molecule has 0 saturated carbocycles. The van der Waals surface area contributed by atoms with Crippen LogP contribution in [-0.2, 0) is 22.0 Å². The number of aryl methyl sites for hydroxylation is 1. The van der Waals surface area contributed by atoms with Gasteiger partial charge in [-0.3, -0.25) is 0 Å². The number of fused-ring (bicyclic) bond motifs is 2. The summed E-state index contributed by atoms with van der Waals surface area (Å²) in [6, 6.07) is 4.91. The van der Waals surface area contributed by atoms with Crippen LogP contribution in [0.5, 0.6) is 0 Å². The molecule has 0 unspecified atom stereocenters. The van der Waals surface area contributed by atoms with Crippen molar-refractivity contribution in [3.63, 3.8) is 0 Å². The van der Waals surface area contributed by atoms with Crippen LogP contribution >= 0.6 is 0 Å². The number of aliphatic carboxylic acids is 1. The Morgan fingerprint density at radius 2 is 1.73 bits per heavy atom. The van der Waals surface area contributed by atoms with E-state index in [0.717, 1.165) is 18.4 Å².